The molecule has 0 spiro atoms. The largest absolute Gasteiger partial charge is 0.375 e. The van der Waals surface area contributed by atoms with Crippen molar-refractivity contribution in [3.8, 4) is 0 Å². The van der Waals surface area contributed by atoms with Gasteiger partial charge in [0.05, 0.1) is 21.4 Å². The number of aryl methyl sites for hydroxylation is 1. The van der Waals surface area contributed by atoms with Crippen molar-refractivity contribution in [1.82, 2.24) is 4.98 Å². The third-order valence-electron chi connectivity index (χ3n) is 2.22. The first-order valence-corrected chi connectivity index (χ1v) is 6.54. The van der Waals surface area contributed by atoms with Crippen LogP contribution >= 0.6 is 34.5 Å². The molecule has 0 saturated carbocycles. The first-order chi connectivity index (χ1) is 8.49. The van der Waals surface area contributed by atoms with Crippen molar-refractivity contribution in [2.45, 2.75) is 6.92 Å². The lowest BCUT2D eigenvalue weighted by molar-refractivity contribution is 0.103. The maximum absolute atomic E-state index is 12.0. The highest BCUT2D eigenvalue weighted by atomic mass is 35.5. The molecule has 0 saturated heterocycles. The number of carbonyl (C=O) groups is 1. The Morgan fingerprint density at radius 1 is 1.44 bits per heavy atom. The van der Waals surface area contributed by atoms with E-state index in [1.807, 2.05) is 0 Å². The molecule has 0 aliphatic carbocycles. The Hall–Kier alpha value is -1.30. The Bertz CT molecular complexity index is 612. The minimum atomic E-state index is -0.300. The van der Waals surface area contributed by atoms with Gasteiger partial charge in [-0.05, 0) is 19.1 Å². The molecule has 0 bridgehead atoms. The number of anilines is 2. The number of hydrogen-bond donors (Lipinski definition) is 2. The van der Waals surface area contributed by atoms with Crippen LogP contribution in [0.15, 0.2) is 18.2 Å². The van der Waals surface area contributed by atoms with Crippen LogP contribution in [0.2, 0.25) is 10.0 Å². The number of aromatic nitrogens is 1. The number of rotatable bonds is 2. The molecule has 0 unspecified atom stereocenters. The Balaban J connectivity index is 2.27. The summed E-state index contributed by atoms with van der Waals surface area (Å²) in [5, 5.41) is 3.73. The van der Waals surface area contributed by atoms with Crippen molar-refractivity contribution in [1.29, 1.82) is 0 Å². The average Bonchev–Trinajstić information content (AvgIpc) is 2.64. The van der Waals surface area contributed by atoms with Crippen molar-refractivity contribution in [2.75, 3.05) is 11.1 Å². The zero-order valence-electron chi connectivity index (χ0n) is 9.33. The molecule has 0 aliphatic rings. The lowest BCUT2D eigenvalue weighted by Gasteiger charge is -2.07. The van der Waals surface area contributed by atoms with Crippen LogP contribution in [0.4, 0.5) is 10.8 Å². The quantitative estimate of drug-likeness (QED) is 0.890. The monoisotopic (exact) mass is 301 g/mol. The Labute approximate surface area is 118 Å². The smallest absolute Gasteiger partial charge is 0.267 e. The fourth-order valence-corrected chi connectivity index (χ4v) is 2.48. The summed E-state index contributed by atoms with van der Waals surface area (Å²) < 4.78 is 0. The third kappa shape index (κ3) is 2.58. The number of amides is 1. The second-order valence-electron chi connectivity index (χ2n) is 3.52. The number of thiazole rings is 1. The molecule has 0 radical (unpaired) electrons. The van der Waals surface area contributed by atoms with E-state index in [4.69, 9.17) is 28.9 Å². The molecule has 7 heteroatoms. The molecule has 0 fully saturated rings. The van der Waals surface area contributed by atoms with E-state index < -0.39 is 0 Å². The van der Waals surface area contributed by atoms with E-state index in [0.29, 0.717) is 31.4 Å². The molecule has 0 atom stereocenters. The van der Waals surface area contributed by atoms with E-state index in [9.17, 15) is 4.79 Å². The maximum atomic E-state index is 12.0. The SMILES string of the molecule is Cc1nc(N)sc1C(=O)Nc1cccc(Cl)c1Cl. The molecule has 1 amide bonds. The van der Waals surface area contributed by atoms with Crippen molar-refractivity contribution in [3.63, 3.8) is 0 Å². The minimum absolute atomic E-state index is 0.300. The number of nitrogens with two attached hydrogens (primary N) is 1. The summed E-state index contributed by atoms with van der Waals surface area (Å²) in [7, 11) is 0. The highest BCUT2D eigenvalue weighted by molar-refractivity contribution is 7.17. The van der Waals surface area contributed by atoms with Gasteiger partial charge in [-0.3, -0.25) is 4.79 Å². The average molecular weight is 302 g/mol. The predicted octanol–water partition coefficient (Wildman–Crippen LogP) is 3.59. The number of halogens is 2. The van der Waals surface area contributed by atoms with Crippen LogP contribution in [-0.2, 0) is 0 Å². The molecule has 0 aliphatic heterocycles. The van der Waals surface area contributed by atoms with Crippen molar-refractivity contribution >= 4 is 51.3 Å². The highest BCUT2D eigenvalue weighted by Gasteiger charge is 2.15. The topological polar surface area (TPSA) is 68.0 Å². The van der Waals surface area contributed by atoms with Crippen LogP contribution in [0.25, 0.3) is 0 Å². The van der Waals surface area contributed by atoms with Crippen LogP contribution in [0.5, 0.6) is 0 Å². The summed E-state index contributed by atoms with van der Waals surface area (Å²) in [6.07, 6.45) is 0. The van der Waals surface area contributed by atoms with Gasteiger partial charge < -0.3 is 11.1 Å². The maximum Gasteiger partial charge on any atom is 0.267 e. The van der Waals surface area contributed by atoms with E-state index in [1.165, 1.54) is 0 Å². The normalized spacial score (nSPS) is 10.4. The van der Waals surface area contributed by atoms with Crippen molar-refractivity contribution in [3.05, 3.63) is 38.8 Å². The van der Waals surface area contributed by atoms with E-state index in [2.05, 4.69) is 10.3 Å². The zero-order valence-corrected chi connectivity index (χ0v) is 11.7. The lowest BCUT2D eigenvalue weighted by Crippen LogP contribution is -2.11. The minimum Gasteiger partial charge on any atom is -0.375 e. The van der Waals surface area contributed by atoms with Gasteiger partial charge in [0, 0.05) is 0 Å². The molecular weight excluding hydrogens is 293 g/mol. The molecule has 4 nitrogen and oxygen atoms in total. The molecule has 1 heterocycles. The third-order valence-corrected chi connectivity index (χ3v) is 4.02. The summed E-state index contributed by atoms with van der Waals surface area (Å²) in [5.74, 6) is -0.300. The molecule has 18 heavy (non-hydrogen) atoms. The van der Waals surface area contributed by atoms with Gasteiger partial charge in [-0.1, -0.05) is 40.6 Å². The molecule has 2 rings (SSSR count). The number of hydrogen-bond acceptors (Lipinski definition) is 4. The van der Waals surface area contributed by atoms with Gasteiger partial charge in [0.25, 0.3) is 5.91 Å². The van der Waals surface area contributed by atoms with Crippen LogP contribution in [0.1, 0.15) is 15.4 Å². The van der Waals surface area contributed by atoms with Crippen LogP contribution < -0.4 is 11.1 Å². The summed E-state index contributed by atoms with van der Waals surface area (Å²) in [6.45, 7) is 1.72. The van der Waals surface area contributed by atoms with Gasteiger partial charge in [0.2, 0.25) is 0 Å². The summed E-state index contributed by atoms with van der Waals surface area (Å²) in [5.41, 5.74) is 6.59. The Kier molecular flexibility index (Phi) is 3.75. The first-order valence-electron chi connectivity index (χ1n) is 4.97. The number of benzene rings is 1. The fourth-order valence-electron chi connectivity index (χ4n) is 1.41. The predicted molar refractivity (Wildman–Crippen MR) is 75.7 cm³/mol. The van der Waals surface area contributed by atoms with Gasteiger partial charge in [0.15, 0.2) is 5.13 Å². The number of nitrogen functional groups attached to an aromatic ring is 1. The van der Waals surface area contributed by atoms with Gasteiger partial charge in [-0.15, -0.1) is 0 Å². The number of carbonyl (C=O) groups excluding carboxylic acids is 1. The number of nitrogens with one attached hydrogen (secondary N) is 1. The Morgan fingerprint density at radius 3 is 2.78 bits per heavy atom. The van der Waals surface area contributed by atoms with Crippen LogP contribution in [0.3, 0.4) is 0 Å². The van der Waals surface area contributed by atoms with Crippen molar-refractivity contribution < 1.29 is 4.79 Å². The molecular formula is C11H9Cl2N3OS. The van der Waals surface area contributed by atoms with Gasteiger partial charge >= 0.3 is 0 Å². The van der Waals surface area contributed by atoms with E-state index >= 15 is 0 Å². The second-order valence-corrected chi connectivity index (χ2v) is 5.34. The standard InChI is InChI=1S/C11H9Cl2N3OS/c1-5-9(18-11(14)15-5)10(17)16-7-4-2-3-6(12)8(7)13/h2-4H,1H3,(H2,14,15)(H,16,17). The molecule has 1 aromatic carbocycles. The van der Waals surface area contributed by atoms with E-state index in [1.54, 1.807) is 25.1 Å². The Morgan fingerprint density at radius 2 is 2.17 bits per heavy atom. The van der Waals surface area contributed by atoms with Gasteiger partial charge in [-0.25, -0.2) is 4.98 Å². The molecule has 2 aromatic rings. The zero-order chi connectivity index (χ0) is 13.3. The van der Waals surface area contributed by atoms with Crippen LogP contribution in [0, 0.1) is 6.92 Å². The molecule has 1 aromatic heterocycles. The summed E-state index contributed by atoms with van der Waals surface area (Å²) in [6, 6.07) is 5.03. The molecule has 3 N–H and O–H groups in total. The van der Waals surface area contributed by atoms with Crippen LogP contribution in [-0.4, -0.2) is 10.9 Å². The van der Waals surface area contributed by atoms with Gasteiger partial charge in [0.1, 0.15) is 4.88 Å². The highest BCUT2D eigenvalue weighted by Crippen LogP contribution is 2.30. The van der Waals surface area contributed by atoms with E-state index in [-0.39, 0.29) is 5.91 Å². The number of nitrogens with zero attached hydrogens (tertiary/aromatic N) is 1. The van der Waals surface area contributed by atoms with E-state index in [0.717, 1.165) is 11.3 Å². The fraction of sp³-hybridized carbons (Fsp3) is 0.0909. The summed E-state index contributed by atoms with van der Waals surface area (Å²) in [4.78, 5) is 16.5. The molecule has 94 valence electrons. The summed E-state index contributed by atoms with van der Waals surface area (Å²) >= 11 is 13.0. The first kappa shape index (κ1) is 13.1. The van der Waals surface area contributed by atoms with Crippen molar-refractivity contribution in [2.24, 2.45) is 0 Å². The second kappa shape index (κ2) is 5.14. The van der Waals surface area contributed by atoms with Gasteiger partial charge in [-0.2, -0.15) is 0 Å². The lowest BCUT2D eigenvalue weighted by atomic mass is 10.3.